The van der Waals surface area contributed by atoms with Gasteiger partial charge < -0.3 is 0 Å². The second kappa shape index (κ2) is 4.23. The summed E-state index contributed by atoms with van der Waals surface area (Å²) < 4.78 is 0. The number of halogens is 2. The minimum Gasteiger partial charge on any atom is -0.0827 e. The van der Waals surface area contributed by atoms with Crippen molar-refractivity contribution in [1.29, 1.82) is 0 Å². The Hall–Kier alpha value is -0.200. The molecule has 0 aliphatic carbocycles. The zero-order chi connectivity index (χ0) is 12.7. The third kappa shape index (κ3) is 2.73. The lowest BCUT2D eigenvalue weighted by molar-refractivity contribution is 0.530. The van der Waals surface area contributed by atoms with Crippen LogP contribution in [0.25, 0.3) is 0 Å². The molecule has 0 saturated heterocycles. The Labute approximate surface area is 109 Å². The molecule has 0 saturated carbocycles. The van der Waals surface area contributed by atoms with Gasteiger partial charge in [-0.1, -0.05) is 70.8 Å². The molecule has 0 amide bonds. The molecule has 0 N–H and O–H groups in total. The van der Waals surface area contributed by atoms with Gasteiger partial charge >= 0.3 is 0 Å². The standard InChI is InChI=1S/C14H20Cl2/c1-13(2,3)9-7-8-10(15)12(16)11(9)14(4,5)6/h7-8H,1-6H3. The van der Waals surface area contributed by atoms with Gasteiger partial charge in [0.15, 0.2) is 0 Å². The molecule has 0 spiro atoms. The first-order chi connectivity index (χ1) is 7.05. The maximum atomic E-state index is 6.36. The maximum absolute atomic E-state index is 6.36. The lowest BCUT2D eigenvalue weighted by atomic mass is 9.75. The van der Waals surface area contributed by atoms with E-state index in [1.54, 1.807) is 0 Å². The van der Waals surface area contributed by atoms with Crippen LogP contribution in [-0.4, -0.2) is 0 Å². The van der Waals surface area contributed by atoms with Crippen LogP contribution in [0.15, 0.2) is 12.1 Å². The molecule has 1 aromatic carbocycles. The van der Waals surface area contributed by atoms with Crippen molar-refractivity contribution in [2.45, 2.75) is 52.4 Å². The second-order valence-electron chi connectivity index (χ2n) is 6.28. The highest BCUT2D eigenvalue weighted by Crippen LogP contribution is 2.41. The van der Waals surface area contributed by atoms with Gasteiger partial charge in [-0.2, -0.15) is 0 Å². The van der Waals surface area contributed by atoms with Crippen LogP contribution < -0.4 is 0 Å². The number of hydrogen-bond acceptors (Lipinski definition) is 0. The van der Waals surface area contributed by atoms with E-state index in [1.165, 1.54) is 5.56 Å². The highest BCUT2D eigenvalue weighted by molar-refractivity contribution is 6.42. The third-order valence-electron chi connectivity index (χ3n) is 2.65. The molecule has 0 nitrogen and oxygen atoms in total. The van der Waals surface area contributed by atoms with Gasteiger partial charge in [-0.25, -0.2) is 0 Å². The van der Waals surface area contributed by atoms with Crippen LogP contribution in [0.3, 0.4) is 0 Å². The molecule has 16 heavy (non-hydrogen) atoms. The smallest absolute Gasteiger partial charge is 0.0632 e. The fraction of sp³-hybridized carbons (Fsp3) is 0.571. The molecule has 0 heterocycles. The summed E-state index contributed by atoms with van der Waals surface area (Å²) in [4.78, 5) is 0. The summed E-state index contributed by atoms with van der Waals surface area (Å²) >= 11 is 12.5. The average molecular weight is 259 g/mol. The summed E-state index contributed by atoms with van der Waals surface area (Å²) in [6.07, 6.45) is 0. The molecule has 0 aromatic heterocycles. The molecule has 0 unspecified atom stereocenters. The third-order valence-corrected chi connectivity index (χ3v) is 3.46. The van der Waals surface area contributed by atoms with Crippen LogP contribution in [-0.2, 0) is 10.8 Å². The molecular weight excluding hydrogens is 239 g/mol. The van der Waals surface area contributed by atoms with E-state index in [-0.39, 0.29) is 10.8 Å². The van der Waals surface area contributed by atoms with Gasteiger partial charge in [0.2, 0.25) is 0 Å². The molecule has 2 heteroatoms. The Morgan fingerprint density at radius 1 is 0.812 bits per heavy atom. The van der Waals surface area contributed by atoms with Crippen LogP contribution in [0.5, 0.6) is 0 Å². The van der Waals surface area contributed by atoms with Crippen molar-refractivity contribution in [1.82, 2.24) is 0 Å². The van der Waals surface area contributed by atoms with Crippen LogP contribution >= 0.6 is 23.2 Å². The second-order valence-corrected chi connectivity index (χ2v) is 7.07. The minimum atomic E-state index is 0.00456. The first kappa shape index (κ1) is 13.9. The Bertz CT molecular complexity index is 392. The van der Waals surface area contributed by atoms with Crippen molar-refractivity contribution < 1.29 is 0 Å². The van der Waals surface area contributed by atoms with Crippen molar-refractivity contribution in [3.05, 3.63) is 33.3 Å². The molecule has 1 rings (SSSR count). The van der Waals surface area contributed by atoms with Crippen LogP contribution in [0.4, 0.5) is 0 Å². The maximum Gasteiger partial charge on any atom is 0.0632 e. The van der Waals surface area contributed by atoms with E-state index >= 15 is 0 Å². The van der Waals surface area contributed by atoms with Gasteiger partial charge in [-0.15, -0.1) is 0 Å². The van der Waals surface area contributed by atoms with E-state index in [1.807, 2.05) is 6.07 Å². The van der Waals surface area contributed by atoms with Crippen molar-refractivity contribution in [2.75, 3.05) is 0 Å². The normalized spacial score (nSPS) is 13.0. The lowest BCUT2D eigenvalue weighted by Crippen LogP contribution is -2.22. The predicted molar refractivity (Wildman–Crippen MR) is 73.9 cm³/mol. The molecule has 0 radical (unpaired) electrons. The topological polar surface area (TPSA) is 0 Å². The molecule has 0 atom stereocenters. The molecule has 0 fully saturated rings. The minimum absolute atomic E-state index is 0.00456. The summed E-state index contributed by atoms with van der Waals surface area (Å²) in [6, 6.07) is 3.98. The van der Waals surface area contributed by atoms with E-state index in [9.17, 15) is 0 Å². The number of rotatable bonds is 0. The molecular formula is C14H20Cl2. The molecule has 0 aliphatic rings. The Balaban J connectivity index is 3.59. The summed E-state index contributed by atoms with van der Waals surface area (Å²) in [5, 5.41) is 1.33. The summed E-state index contributed by atoms with van der Waals surface area (Å²) in [7, 11) is 0. The largest absolute Gasteiger partial charge is 0.0827 e. The van der Waals surface area contributed by atoms with E-state index in [2.05, 4.69) is 47.6 Å². The van der Waals surface area contributed by atoms with Crippen LogP contribution in [0, 0.1) is 0 Å². The fourth-order valence-electron chi connectivity index (χ4n) is 1.91. The summed E-state index contributed by atoms with van der Waals surface area (Å²) in [5.74, 6) is 0. The first-order valence-electron chi connectivity index (χ1n) is 5.54. The summed E-state index contributed by atoms with van der Waals surface area (Å²) in [6.45, 7) is 13.1. The van der Waals surface area contributed by atoms with Gasteiger partial charge in [0.05, 0.1) is 10.0 Å². The molecule has 1 aromatic rings. The first-order valence-corrected chi connectivity index (χ1v) is 6.29. The highest BCUT2D eigenvalue weighted by Gasteiger charge is 2.28. The zero-order valence-electron chi connectivity index (χ0n) is 10.9. The van der Waals surface area contributed by atoms with Crippen LogP contribution in [0.2, 0.25) is 10.0 Å². The predicted octanol–water partition coefficient (Wildman–Crippen LogP) is 5.59. The van der Waals surface area contributed by atoms with E-state index < -0.39 is 0 Å². The monoisotopic (exact) mass is 258 g/mol. The Kier molecular flexibility index (Phi) is 3.67. The van der Waals surface area contributed by atoms with Gasteiger partial charge in [0.25, 0.3) is 0 Å². The van der Waals surface area contributed by atoms with E-state index in [0.717, 1.165) is 5.56 Å². The van der Waals surface area contributed by atoms with Gasteiger partial charge in [0, 0.05) is 0 Å². The Morgan fingerprint density at radius 2 is 1.31 bits per heavy atom. The van der Waals surface area contributed by atoms with E-state index in [4.69, 9.17) is 23.2 Å². The van der Waals surface area contributed by atoms with Crippen molar-refractivity contribution in [2.24, 2.45) is 0 Å². The summed E-state index contributed by atoms with van der Waals surface area (Å²) in [5.41, 5.74) is 2.52. The van der Waals surface area contributed by atoms with Gasteiger partial charge in [-0.05, 0) is 28.0 Å². The number of benzene rings is 1. The van der Waals surface area contributed by atoms with Gasteiger partial charge in [0.1, 0.15) is 0 Å². The lowest BCUT2D eigenvalue weighted by Gasteiger charge is -2.31. The highest BCUT2D eigenvalue weighted by atomic mass is 35.5. The average Bonchev–Trinajstić information content (AvgIpc) is 2.05. The molecule has 0 aliphatic heterocycles. The Morgan fingerprint density at radius 3 is 1.69 bits per heavy atom. The number of hydrogen-bond donors (Lipinski definition) is 0. The zero-order valence-corrected chi connectivity index (χ0v) is 12.4. The molecule has 90 valence electrons. The van der Waals surface area contributed by atoms with Gasteiger partial charge in [-0.3, -0.25) is 0 Å². The van der Waals surface area contributed by atoms with Crippen molar-refractivity contribution in [3.63, 3.8) is 0 Å². The van der Waals surface area contributed by atoms with Crippen LogP contribution in [0.1, 0.15) is 52.7 Å². The van der Waals surface area contributed by atoms with Crippen molar-refractivity contribution in [3.8, 4) is 0 Å². The van der Waals surface area contributed by atoms with Crippen molar-refractivity contribution >= 4 is 23.2 Å². The quantitative estimate of drug-likeness (QED) is 0.569. The SMILES string of the molecule is CC(C)(C)c1ccc(Cl)c(Cl)c1C(C)(C)C. The van der Waals surface area contributed by atoms with E-state index in [0.29, 0.717) is 10.0 Å². The molecule has 0 bridgehead atoms. The fourth-order valence-corrected chi connectivity index (χ4v) is 2.51.